The van der Waals surface area contributed by atoms with Gasteiger partial charge in [-0.05, 0) is 49.7 Å². The Labute approximate surface area is 125 Å². The van der Waals surface area contributed by atoms with E-state index in [1.807, 2.05) is 18.2 Å². The highest BCUT2D eigenvalue weighted by molar-refractivity contribution is 5.79. The van der Waals surface area contributed by atoms with E-state index in [9.17, 15) is 9.59 Å². The van der Waals surface area contributed by atoms with Crippen molar-refractivity contribution in [1.82, 2.24) is 5.32 Å². The molecule has 0 bridgehead atoms. The van der Waals surface area contributed by atoms with Crippen molar-refractivity contribution in [3.63, 3.8) is 0 Å². The van der Waals surface area contributed by atoms with Gasteiger partial charge in [-0.1, -0.05) is 12.1 Å². The molecule has 1 fully saturated rings. The van der Waals surface area contributed by atoms with Gasteiger partial charge in [0.25, 0.3) is 0 Å². The summed E-state index contributed by atoms with van der Waals surface area (Å²) in [5.41, 5.74) is 0.608. The third kappa shape index (κ3) is 4.88. The molecule has 1 aromatic carbocycles. The maximum atomic E-state index is 10.9. The van der Waals surface area contributed by atoms with Crippen LogP contribution in [0.1, 0.15) is 43.0 Å². The minimum atomic E-state index is 0.0472. The summed E-state index contributed by atoms with van der Waals surface area (Å²) in [5.74, 6) is 1.85. The topological polar surface area (TPSA) is 55.4 Å². The SMILES string of the molecule is CC(=O)NCC1CCC(COc2ccccc2C=O)CC1. The van der Waals surface area contributed by atoms with E-state index in [-0.39, 0.29) is 5.91 Å². The maximum absolute atomic E-state index is 10.9. The summed E-state index contributed by atoms with van der Waals surface area (Å²) in [6.45, 7) is 3.01. The van der Waals surface area contributed by atoms with Gasteiger partial charge in [-0.15, -0.1) is 0 Å². The van der Waals surface area contributed by atoms with Crippen LogP contribution >= 0.6 is 0 Å². The third-order valence-corrected chi connectivity index (χ3v) is 4.13. The Morgan fingerprint density at radius 2 is 1.90 bits per heavy atom. The molecule has 1 saturated carbocycles. The smallest absolute Gasteiger partial charge is 0.216 e. The number of rotatable bonds is 6. The molecule has 1 aromatic rings. The molecule has 1 aliphatic rings. The molecule has 0 radical (unpaired) electrons. The lowest BCUT2D eigenvalue weighted by Gasteiger charge is -2.28. The fraction of sp³-hybridized carbons (Fsp3) is 0.529. The first kappa shape index (κ1) is 15.5. The van der Waals surface area contributed by atoms with Crippen molar-refractivity contribution in [1.29, 1.82) is 0 Å². The lowest BCUT2D eigenvalue weighted by Crippen LogP contribution is -2.30. The molecule has 0 spiro atoms. The van der Waals surface area contributed by atoms with E-state index in [0.29, 0.717) is 29.8 Å². The van der Waals surface area contributed by atoms with Gasteiger partial charge >= 0.3 is 0 Å². The van der Waals surface area contributed by atoms with E-state index in [2.05, 4.69) is 5.32 Å². The van der Waals surface area contributed by atoms with Crippen LogP contribution in [0.25, 0.3) is 0 Å². The average Bonchev–Trinajstić information content (AvgIpc) is 2.52. The van der Waals surface area contributed by atoms with E-state index >= 15 is 0 Å². The fourth-order valence-corrected chi connectivity index (χ4v) is 2.81. The van der Waals surface area contributed by atoms with Crippen LogP contribution in [0.4, 0.5) is 0 Å². The van der Waals surface area contributed by atoms with Crippen molar-refractivity contribution in [2.75, 3.05) is 13.2 Å². The number of carbonyl (C=O) groups is 2. The third-order valence-electron chi connectivity index (χ3n) is 4.13. The summed E-state index contributed by atoms with van der Waals surface area (Å²) in [5, 5.41) is 2.89. The molecule has 1 aliphatic carbocycles. The van der Waals surface area contributed by atoms with Crippen LogP contribution in [0, 0.1) is 11.8 Å². The standard InChI is InChI=1S/C17H23NO3/c1-13(20)18-10-14-6-8-15(9-7-14)12-21-17-5-3-2-4-16(17)11-19/h2-5,11,14-15H,6-10,12H2,1H3,(H,18,20). The van der Waals surface area contributed by atoms with Gasteiger partial charge in [-0.3, -0.25) is 9.59 Å². The molecule has 0 atom stereocenters. The monoisotopic (exact) mass is 289 g/mol. The van der Waals surface area contributed by atoms with Gasteiger partial charge in [0.05, 0.1) is 12.2 Å². The van der Waals surface area contributed by atoms with Crippen molar-refractivity contribution < 1.29 is 14.3 Å². The molecular weight excluding hydrogens is 266 g/mol. The van der Waals surface area contributed by atoms with Gasteiger partial charge in [-0.2, -0.15) is 0 Å². The van der Waals surface area contributed by atoms with Gasteiger partial charge in [0.15, 0.2) is 6.29 Å². The quantitative estimate of drug-likeness (QED) is 0.819. The number of aldehydes is 1. The predicted octanol–water partition coefficient (Wildman–Crippen LogP) is 2.82. The molecule has 0 saturated heterocycles. The lowest BCUT2D eigenvalue weighted by molar-refractivity contribution is -0.119. The van der Waals surface area contributed by atoms with E-state index in [1.54, 1.807) is 13.0 Å². The molecule has 2 rings (SSSR count). The lowest BCUT2D eigenvalue weighted by atomic mass is 9.82. The van der Waals surface area contributed by atoms with E-state index in [4.69, 9.17) is 4.74 Å². The van der Waals surface area contributed by atoms with Crippen LogP contribution in [0.3, 0.4) is 0 Å². The second kappa shape index (κ2) is 7.81. The molecule has 0 aromatic heterocycles. The van der Waals surface area contributed by atoms with Crippen molar-refractivity contribution in [2.45, 2.75) is 32.6 Å². The van der Waals surface area contributed by atoms with E-state index in [0.717, 1.165) is 38.5 Å². The number of carbonyl (C=O) groups excluding carboxylic acids is 2. The molecule has 0 aliphatic heterocycles. The second-order valence-electron chi connectivity index (χ2n) is 5.79. The predicted molar refractivity (Wildman–Crippen MR) is 81.5 cm³/mol. The van der Waals surface area contributed by atoms with Crippen molar-refractivity contribution in [2.24, 2.45) is 11.8 Å². The van der Waals surface area contributed by atoms with Gasteiger partial charge in [0.2, 0.25) is 5.91 Å². The number of amides is 1. The Kier molecular flexibility index (Phi) is 5.78. The summed E-state index contributed by atoms with van der Waals surface area (Å²) in [7, 11) is 0. The van der Waals surface area contributed by atoms with Crippen LogP contribution in [0.5, 0.6) is 5.75 Å². The normalized spacial score (nSPS) is 21.6. The summed E-state index contributed by atoms with van der Waals surface area (Å²) in [6.07, 6.45) is 5.33. The molecule has 4 nitrogen and oxygen atoms in total. The van der Waals surface area contributed by atoms with E-state index in [1.165, 1.54) is 0 Å². The zero-order valence-electron chi connectivity index (χ0n) is 12.5. The molecule has 21 heavy (non-hydrogen) atoms. The summed E-state index contributed by atoms with van der Waals surface area (Å²) >= 11 is 0. The first-order valence-corrected chi connectivity index (χ1v) is 7.60. The van der Waals surface area contributed by atoms with Gasteiger partial charge in [0.1, 0.15) is 5.75 Å². The number of nitrogens with one attached hydrogen (secondary N) is 1. The summed E-state index contributed by atoms with van der Waals surface area (Å²) in [4.78, 5) is 21.8. The Morgan fingerprint density at radius 1 is 1.24 bits per heavy atom. The van der Waals surface area contributed by atoms with Crippen molar-refractivity contribution in [3.8, 4) is 5.75 Å². The minimum Gasteiger partial charge on any atom is -0.493 e. The highest BCUT2D eigenvalue weighted by Gasteiger charge is 2.22. The highest BCUT2D eigenvalue weighted by Crippen LogP contribution is 2.29. The number of ether oxygens (including phenoxy) is 1. The van der Waals surface area contributed by atoms with Gasteiger partial charge in [-0.25, -0.2) is 0 Å². The Morgan fingerprint density at radius 3 is 2.57 bits per heavy atom. The van der Waals surface area contributed by atoms with Gasteiger partial charge in [0, 0.05) is 13.5 Å². The number of hydrogen-bond donors (Lipinski definition) is 1. The maximum Gasteiger partial charge on any atom is 0.216 e. The zero-order valence-corrected chi connectivity index (χ0v) is 12.5. The Bertz CT molecular complexity index is 479. The molecule has 1 amide bonds. The van der Waals surface area contributed by atoms with Crippen LogP contribution in [0.15, 0.2) is 24.3 Å². The van der Waals surface area contributed by atoms with Crippen LogP contribution < -0.4 is 10.1 Å². The van der Waals surface area contributed by atoms with Crippen LogP contribution in [-0.4, -0.2) is 25.3 Å². The Balaban J connectivity index is 1.74. The molecule has 114 valence electrons. The molecule has 1 N–H and O–H groups in total. The van der Waals surface area contributed by atoms with Crippen LogP contribution in [0.2, 0.25) is 0 Å². The number of para-hydroxylation sites is 1. The summed E-state index contributed by atoms with van der Waals surface area (Å²) < 4.78 is 5.80. The molecule has 0 heterocycles. The zero-order chi connectivity index (χ0) is 15.1. The highest BCUT2D eigenvalue weighted by atomic mass is 16.5. The minimum absolute atomic E-state index is 0.0472. The average molecular weight is 289 g/mol. The Hall–Kier alpha value is -1.84. The molecular formula is C17H23NO3. The van der Waals surface area contributed by atoms with Crippen molar-refractivity contribution in [3.05, 3.63) is 29.8 Å². The molecule has 4 heteroatoms. The first-order chi connectivity index (χ1) is 10.2. The van der Waals surface area contributed by atoms with E-state index < -0.39 is 0 Å². The first-order valence-electron chi connectivity index (χ1n) is 7.60. The number of hydrogen-bond acceptors (Lipinski definition) is 3. The number of benzene rings is 1. The van der Waals surface area contributed by atoms with Gasteiger partial charge < -0.3 is 10.1 Å². The van der Waals surface area contributed by atoms with Crippen LogP contribution in [-0.2, 0) is 4.79 Å². The molecule has 0 unspecified atom stereocenters. The van der Waals surface area contributed by atoms with Crippen molar-refractivity contribution >= 4 is 12.2 Å². The summed E-state index contributed by atoms with van der Waals surface area (Å²) in [6, 6.07) is 7.33. The second-order valence-corrected chi connectivity index (χ2v) is 5.79. The largest absolute Gasteiger partial charge is 0.493 e. The fourth-order valence-electron chi connectivity index (χ4n) is 2.81.